The lowest BCUT2D eigenvalue weighted by molar-refractivity contribution is -0.122. The normalized spacial score (nSPS) is 11.9. The van der Waals surface area contributed by atoms with Gasteiger partial charge < -0.3 is 11.1 Å². The minimum Gasteiger partial charge on any atom is -0.349 e. The zero-order valence-corrected chi connectivity index (χ0v) is 13.6. The summed E-state index contributed by atoms with van der Waals surface area (Å²) >= 11 is 0. The quantitative estimate of drug-likeness (QED) is 0.743. The second-order valence-corrected chi connectivity index (χ2v) is 5.80. The Morgan fingerprint density at radius 3 is 2.26 bits per heavy atom. The molecular formula is C20H26N2O. The molecule has 0 aromatic heterocycles. The standard InChI is InChI=1S/C20H26N2O/c21-16-8-15-20(23)22-19(18-12-5-2-6-13-18)14-7-11-17-9-3-1-4-10-17/h1-6,9-10,12-13,19H,7-8,11,14-16,21H2,(H,22,23). The van der Waals surface area contributed by atoms with Gasteiger partial charge in [0.05, 0.1) is 6.04 Å². The molecule has 0 bridgehead atoms. The van der Waals surface area contributed by atoms with Crippen molar-refractivity contribution in [2.75, 3.05) is 6.54 Å². The molecule has 3 N–H and O–H groups in total. The Morgan fingerprint density at radius 1 is 0.957 bits per heavy atom. The predicted octanol–water partition coefficient (Wildman–Crippen LogP) is 3.61. The van der Waals surface area contributed by atoms with E-state index < -0.39 is 0 Å². The Hall–Kier alpha value is -2.13. The molecule has 2 rings (SSSR count). The van der Waals surface area contributed by atoms with Gasteiger partial charge in [-0.25, -0.2) is 0 Å². The van der Waals surface area contributed by atoms with Crippen LogP contribution in [0.25, 0.3) is 0 Å². The molecule has 1 atom stereocenters. The predicted molar refractivity (Wildman–Crippen MR) is 95.0 cm³/mol. The topological polar surface area (TPSA) is 55.1 Å². The molecule has 0 aliphatic heterocycles. The lowest BCUT2D eigenvalue weighted by Crippen LogP contribution is -2.28. The molecule has 0 aliphatic rings. The summed E-state index contributed by atoms with van der Waals surface area (Å²) < 4.78 is 0. The maximum absolute atomic E-state index is 12.1. The molecule has 2 aromatic carbocycles. The van der Waals surface area contributed by atoms with Crippen molar-refractivity contribution in [3.05, 3.63) is 71.8 Å². The number of benzene rings is 2. The van der Waals surface area contributed by atoms with Crippen molar-refractivity contribution in [2.45, 2.75) is 38.1 Å². The van der Waals surface area contributed by atoms with Crippen LogP contribution < -0.4 is 11.1 Å². The van der Waals surface area contributed by atoms with E-state index in [-0.39, 0.29) is 11.9 Å². The fraction of sp³-hybridized carbons (Fsp3) is 0.350. The molecule has 0 radical (unpaired) electrons. The van der Waals surface area contributed by atoms with Crippen molar-refractivity contribution < 1.29 is 4.79 Å². The highest BCUT2D eigenvalue weighted by molar-refractivity contribution is 5.76. The van der Waals surface area contributed by atoms with Crippen molar-refractivity contribution in [1.29, 1.82) is 0 Å². The molecule has 122 valence electrons. The second kappa shape index (κ2) is 9.80. The number of hydrogen-bond donors (Lipinski definition) is 2. The van der Waals surface area contributed by atoms with E-state index >= 15 is 0 Å². The van der Waals surface area contributed by atoms with Crippen LogP contribution in [0.3, 0.4) is 0 Å². The van der Waals surface area contributed by atoms with E-state index in [1.807, 2.05) is 24.3 Å². The molecule has 1 unspecified atom stereocenters. The number of rotatable bonds is 9. The minimum atomic E-state index is 0.0742. The highest BCUT2D eigenvalue weighted by atomic mass is 16.1. The second-order valence-electron chi connectivity index (χ2n) is 5.80. The number of nitrogens with one attached hydrogen (secondary N) is 1. The highest BCUT2D eigenvalue weighted by Gasteiger charge is 2.13. The first-order valence-corrected chi connectivity index (χ1v) is 8.38. The van der Waals surface area contributed by atoms with Crippen LogP contribution in [0.5, 0.6) is 0 Å². The Morgan fingerprint density at radius 2 is 1.61 bits per heavy atom. The van der Waals surface area contributed by atoms with Crippen molar-refractivity contribution >= 4 is 5.91 Å². The molecule has 3 heteroatoms. The third-order valence-corrected chi connectivity index (χ3v) is 3.95. The third-order valence-electron chi connectivity index (χ3n) is 3.95. The van der Waals surface area contributed by atoms with Gasteiger partial charge >= 0.3 is 0 Å². The van der Waals surface area contributed by atoms with Crippen LogP contribution in [-0.2, 0) is 11.2 Å². The monoisotopic (exact) mass is 310 g/mol. The van der Waals surface area contributed by atoms with Crippen LogP contribution in [0.4, 0.5) is 0 Å². The number of hydrogen-bond acceptors (Lipinski definition) is 2. The van der Waals surface area contributed by atoms with E-state index in [1.165, 1.54) is 11.1 Å². The van der Waals surface area contributed by atoms with Crippen LogP contribution in [0.1, 0.15) is 42.9 Å². The molecule has 0 spiro atoms. The van der Waals surface area contributed by atoms with E-state index in [4.69, 9.17) is 5.73 Å². The molecule has 23 heavy (non-hydrogen) atoms. The highest BCUT2D eigenvalue weighted by Crippen LogP contribution is 2.20. The van der Waals surface area contributed by atoms with Crippen molar-refractivity contribution in [3.63, 3.8) is 0 Å². The zero-order valence-electron chi connectivity index (χ0n) is 13.6. The van der Waals surface area contributed by atoms with Crippen LogP contribution in [-0.4, -0.2) is 12.5 Å². The zero-order chi connectivity index (χ0) is 16.3. The van der Waals surface area contributed by atoms with Crippen LogP contribution in [0, 0.1) is 0 Å². The van der Waals surface area contributed by atoms with Gasteiger partial charge in [-0.2, -0.15) is 0 Å². The summed E-state index contributed by atoms with van der Waals surface area (Å²) in [6.45, 7) is 0.553. The van der Waals surface area contributed by atoms with Gasteiger partial charge in [0, 0.05) is 6.42 Å². The SMILES string of the molecule is NCCCC(=O)NC(CCCc1ccccc1)c1ccccc1. The molecule has 1 amide bonds. The van der Waals surface area contributed by atoms with Crippen LogP contribution in [0.2, 0.25) is 0 Å². The molecule has 0 heterocycles. The molecule has 0 saturated heterocycles. The van der Waals surface area contributed by atoms with Gasteiger partial charge in [-0.3, -0.25) is 4.79 Å². The largest absolute Gasteiger partial charge is 0.349 e. The molecule has 3 nitrogen and oxygen atoms in total. The van der Waals surface area contributed by atoms with E-state index in [0.717, 1.165) is 25.7 Å². The fourth-order valence-electron chi connectivity index (χ4n) is 2.69. The maximum atomic E-state index is 12.1. The summed E-state index contributed by atoms with van der Waals surface area (Å²) in [5, 5.41) is 3.16. The Balaban J connectivity index is 1.92. The molecule has 0 saturated carbocycles. The Bertz CT molecular complexity index is 569. The molecule has 0 fully saturated rings. The van der Waals surface area contributed by atoms with Crippen molar-refractivity contribution in [2.24, 2.45) is 5.73 Å². The summed E-state index contributed by atoms with van der Waals surface area (Å²) in [6.07, 6.45) is 4.24. The minimum absolute atomic E-state index is 0.0742. The molecule has 2 aromatic rings. The van der Waals surface area contributed by atoms with Gasteiger partial charge in [0.25, 0.3) is 0 Å². The van der Waals surface area contributed by atoms with E-state index in [0.29, 0.717) is 13.0 Å². The Kier molecular flexibility index (Phi) is 7.34. The maximum Gasteiger partial charge on any atom is 0.220 e. The number of nitrogens with two attached hydrogens (primary N) is 1. The number of aryl methyl sites for hydroxylation is 1. The van der Waals surface area contributed by atoms with E-state index in [1.54, 1.807) is 0 Å². The molecule has 0 aliphatic carbocycles. The lowest BCUT2D eigenvalue weighted by atomic mass is 9.98. The summed E-state index contributed by atoms with van der Waals surface area (Å²) in [6, 6.07) is 20.7. The average molecular weight is 310 g/mol. The fourth-order valence-corrected chi connectivity index (χ4v) is 2.69. The van der Waals surface area contributed by atoms with Crippen LogP contribution in [0.15, 0.2) is 60.7 Å². The summed E-state index contributed by atoms with van der Waals surface area (Å²) in [7, 11) is 0. The first-order chi connectivity index (χ1) is 11.3. The average Bonchev–Trinajstić information content (AvgIpc) is 2.61. The molecular weight excluding hydrogens is 284 g/mol. The summed E-state index contributed by atoms with van der Waals surface area (Å²) in [4.78, 5) is 12.1. The summed E-state index contributed by atoms with van der Waals surface area (Å²) in [5.74, 6) is 0.0871. The van der Waals surface area contributed by atoms with Gasteiger partial charge in [0.1, 0.15) is 0 Å². The van der Waals surface area contributed by atoms with Crippen molar-refractivity contribution in [1.82, 2.24) is 5.32 Å². The van der Waals surface area contributed by atoms with Crippen molar-refractivity contribution in [3.8, 4) is 0 Å². The third kappa shape index (κ3) is 6.25. The van der Waals surface area contributed by atoms with Gasteiger partial charge in [-0.05, 0) is 43.4 Å². The van der Waals surface area contributed by atoms with E-state index in [2.05, 4.69) is 41.7 Å². The van der Waals surface area contributed by atoms with Gasteiger partial charge in [-0.15, -0.1) is 0 Å². The van der Waals surface area contributed by atoms with Gasteiger partial charge in [0.15, 0.2) is 0 Å². The van der Waals surface area contributed by atoms with E-state index in [9.17, 15) is 4.79 Å². The lowest BCUT2D eigenvalue weighted by Gasteiger charge is -2.19. The van der Waals surface area contributed by atoms with Gasteiger partial charge in [-0.1, -0.05) is 60.7 Å². The Labute approximate surface area is 138 Å². The summed E-state index contributed by atoms with van der Waals surface area (Å²) in [5.41, 5.74) is 7.99. The van der Waals surface area contributed by atoms with Crippen LogP contribution >= 0.6 is 0 Å². The number of carbonyl (C=O) groups is 1. The first kappa shape index (κ1) is 17.2. The smallest absolute Gasteiger partial charge is 0.220 e. The first-order valence-electron chi connectivity index (χ1n) is 8.38. The van der Waals surface area contributed by atoms with Gasteiger partial charge in [0.2, 0.25) is 5.91 Å². The number of carbonyl (C=O) groups excluding carboxylic acids is 1. The number of amides is 1.